The molecule has 0 aromatic heterocycles. The Morgan fingerprint density at radius 3 is 1.95 bits per heavy atom. The van der Waals surface area contributed by atoms with Crippen LogP contribution in [-0.2, 0) is 0 Å². The first-order valence-electron chi connectivity index (χ1n) is 6.46. The zero-order valence-corrected chi connectivity index (χ0v) is 13.2. The smallest absolute Gasteiger partial charge is 0.266 e. The molecule has 0 fully saturated rings. The number of carbonyl (C=O) groups excluding carboxylic acids is 2. The number of rotatable bonds is 1. The summed E-state index contributed by atoms with van der Waals surface area (Å²) in [6, 6.07) is 8.82. The average molecular weight is 345 g/mol. The van der Waals surface area contributed by atoms with Gasteiger partial charge in [0.05, 0.1) is 22.5 Å². The van der Waals surface area contributed by atoms with Crippen LogP contribution in [0.5, 0.6) is 0 Å². The molecule has 0 aliphatic carbocycles. The van der Waals surface area contributed by atoms with Crippen LogP contribution >= 0.6 is 15.9 Å². The maximum absolute atomic E-state index is 12.7. The van der Waals surface area contributed by atoms with Crippen molar-refractivity contribution in [2.24, 2.45) is 0 Å². The summed E-state index contributed by atoms with van der Waals surface area (Å²) in [5.74, 6) is -0.629. The van der Waals surface area contributed by atoms with Crippen molar-refractivity contribution in [2.45, 2.75) is 13.8 Å². The van der Waals surface area contributed by atoms with Gasteiger partial charge in [0, 0.05) is 4.47 Å². The number of aryl methyl sites for hydroxylation is 2. The molecule has 2 aromatic rings. The minimum atomic E-state index is -0.315. The molecule has 2 amide bonds. The van der Waals surface area contributed by atoms with Gasteiger partial charge in [0.2, 0.25) is 0 Å². The summed E-state index contributed by atoms with van der Waals surface area (Å²) < 4.78 is 0.799. The molecule has 4 nitrogen and oxygen atoms in total. The van der Waals surface area contributed by atoms with Crippen molar-refractivity contribution in [3.8, 4) is 0 Å². The first-order chi connectivity index (χ1) is 9.91. The van der Waals surface area contributed by atoms with Crippen LogP contribution in [0.1, 0.15) is 31.8 Å². The lowest BCUT2D eigenvalue weighted by Gasteiger charge is -2.16. The largest absolute Gasteiger partial charge is 0.397 e. The van der Waals surface area contributed by atoms with Gasteiger partial charge in [0.25, 0.3) is 11.8 Å². The van der Waals surface area contributed by atoms with Gasteiger partial charge in [-0.3, -0.25) is 9.59 Å². The van der Waals surface area contributed by atoms with Gasteiger partial charge in [-0.15, -0.1) is 0 Å². The predicted octanol–water partition coefficient (Wildman–Crippen LogP) is 3.45. The number of benzene rings is 2. The molecule has 0 bridgehead atoms. The summed E-state index contributed by atoms with van der Waals surface area (Å²) in [6.07, 6.45) is 0. The Morgan fingerprint density at radius 1 is 0.952 bits per heavy atom. The Bertz CT molecular complexity index is 758. The van der Waals surface area contributed by atoms with E-state index in [1.54, 1.807) is 18.2 Å². The zero-order chi connectivity index (χ0) is 15.3. The highest BCUT2D eigenvalue weighted by Crippen LogP contribution is 2.35. The van der Waals surface area contributed by atoms with Gasteiger partial charge in [-0.25, -0.2) is 4.90 Å². The first-order valence-corrected chi connectivity index (χ1v) is 7.25. The minimum Gasteiger partial charge on any atom is -0.397 e. The van der Waals surface area contributed by atoms with Crippen LogP contribution in [0.15, 0.2) is 34.8 Å². The van der Waals surface area contributed by atoms with E-state index in [0.717, 1.165) is 20.5 Å². The summed E-state index contributed by atoms with van der Waals surface area (Å²) in [5, 5.41) is 0. The Balaban J connectivity index is 2.21. The third-order valence-corrected chi connectivity index (χ3v) is 4.18. The van der Waals surface area contributed by atoms with Crippen LogP contribution < -0.4 is 10.6 Å². The van der Waals surface area contributed by atoms with Crippen molar-refractivity contribution in [1.82, 2.24) is 0 Å². The van der Waals surface area contributed by atoms with Gasteiger partial charge in [0.1, 0.15) is 0 Å². The summed E-state index contributed by atoms with van der Waals surface area (Å²) in [5.41, 5.74) is 9.31. The van der Waals surface area contributed by atoms with Crippen molar-refractivity contribution in [3.63, 3.8) is 0 Å². The predicted molar refractivity (Wildman–Crippen MR) is 85.6 cm³/mol. The number of hydrogen-bond donors (Lipinski definition) is 1. The van der Waals surface area contributed by atoms with Crippen LogP contribution in [0.25, 0.3) is 0 Å². The number of amides is 2. The second kappa shape index (κ2) is 4.70. The standard InChI is InChI=1S/C16H13BrN2O2/c1-8-3-4-9(2)14-13(8)15(20)19(16(14)21)12-6-5-10(17)7-11(12)18/h3-7H,18H2,1-2H3. The molecule has 106 valence electrons. The Kier molecular flexibility index (Phi) is 3.10. The SMILES string of the molecule is Cc1ccc(C)c2c1C(=O)N(c1ccc(Br)cc1N)C2=O. The van der Waals surface area contributed by atoms with E-state index in [0.29, 0.717) is 22.5 Å². The fraction of sp³-hybridized carbons (Fsp3) is 0.125. The molecule has 0 saturated carbocycles. The Labute approximate surface area is 130 Å². The van der Waals surface area contributed by atoms with E-state index in [1.165, 1.54) is 0 Å². The van der Waals surface area contributed by atoms with Crippen LogP contribution in [0.4, 0.5) is 11.4 Å². The maximum Gasteiger partial charge on any atom is 0.266 e. The molecule has 3 rings (SSSR count). The summed E-state index contributed by atoms with van der Waals surface area (Å²) in [6.45, 7) is 3.66. The van der Waals surface area contributed by atoms with Crippen LogP contribution in [0.3, 0.4) is 0 Å². The normalized spacial score (nSPS) is 13.8. The second-order valence-corrected chi connectivity index (χ2v) is 6.01. The molecule has 5 heteroatoms. The van der Waals surface area contributed by atoms with E-state index >= 15 is 0 Å². The third-order valence-electron chi connectivity index (χ3n) is 3.69. The molecule has 0 spiro atoms. The number of carbonyl (C=O) groups is 2. The number of nitrogens with two attached hydrogens (primary N) is 1. The summed E-state index contributed by atoms with van der Waals surface area (Å²) in [4.78, 5) is 26.5. The molecule has 0 atom stereocenters. The minimum absolute atomic E-state index is 0.315. The van der Waals surface area contributed by atoms with Crippen LogP contribution in [-0.4, -0.2) is 11.8 Å². The lowest BCUT2D eigenvalue weighted by atomic mass is 9.99. The van der Waals surface area contributed by atoms with E-state index < -0.39 is 0 Å². The fourth-order valence-electron chi connectivity index (χ4n) is 2.63. The van der Waals surface area contributed by atoms with Crippen LogP contribution in [0.2, 0.25) is 0 Å². The molecule has 0 radical (unpaired) electrons. The van der Waals surface area contributed by atoms with E-state index in [4.69, 9.17) is 5.73 Å². The lowest BCUT2D eigenvalue weighted by molar-refractivity contribution is 0.0926. The molecule has 2 N–H and O–H groups in total. The Morgan fingerprint density at radius 2 is 1.48 bits per heavy atom. The number of anilines is 2. The molecule has 21 heavy (non-hydrogen) atoms. The highest BCUT2D eigenvalue weighted by atomic mass is 79.9. The molecule has 1 heterocycles. The topological polar surface area (TPSA) is 63.4 Å². The van der Waals surface area contributed by atoms with Crippen molar-refractivity contribution < 1.29 is 9.59 Å². The highest BCUT2D eigenvalue weighted by molar-refractivity contribution is 9.10. The van der Waals surface area contributed by atoms with Gasteiger partial charge in [0.15, 0.2) is 0 Å². The molecule has 1 aliphatic heterocycles. The number of nitrogens with zero attached hydrogens (tertiary/aromatic N) is 1. The van der Waals surface area contributed by atoms with Gasteiger partial charge in [-0.1, -0.05) is 28.1 Å². The lowest BCUT2D eigenvalue weighted by Crippen LogP contribution is -2.30. The van der Waals surface area contributed by atoms with Crippen LogP contribution in [0, 0.1) is 13.8 Å². The second-order valence-electron chi connectivity index (χ2n) is 5.10. The molecular weight excluding hydrogens is 332 g/mol. The quantitative estimate of drug-likeness (QED) is 0.636. The molecule has 2 aromatic carbocycles. The number of halogens is 1. The molecule has 0 unspecified atom stereocenters. The Hall–Kier alpha value is -2.14. The fourth-order valence-corrected chi connectivity index (χ4v) is 3.00. The number of hydrogen-bond acceptors (Lipinski definition) is 3. The van der Waals surface area contributed by atoms with Gasteiger partial charge < -0.3 is 5.73 Å². The van der Waals surface area contributed by atoms with Crippen molar-refractivity contribution in [3.05, 3.63) is 57.1 Å². The number of nitrogen functional groups attached to an aromatic ring is 1. The average Bonchev–Trinajstić information content (AvgIpc) is 2.68. The first kappa shape index (κ1) is 13.8. The zero-order valence-electron chi connectivity index (χ0n) is 11.6. The van der Waals surface area contributed by atoms with Gasteiger partial charge >= 0.3 is 0 Å². The maximum atomic E-state index is 12.7. The summed E-state index contributed by atoms with van der Waals surface area (Å²) in [7, 11) is 0. The van der Waals surface area contributed by atoms with Crippen molar-refractivity contribution >= 4 is 39.1 Å². The number of fused-ring (bicyclic) bond motifs is 1. The number of imide groups is 1. The van der Waals surface area contributed by atoms with Crippen molar-refractivity contribution in [1.29, 1.82) is 0 Å². The van der Waals surface area contributed by atoms with Crippen molar-refractivity contribution in [2.75, 3.05) is 10.6 Å². The van der Waals surface area contributed by atoms with E-state index in [2.05, 4.69) is 15.9 Å². The van der Waals surface area contributed by atoms with Gasteiger partial charge in [-0.2, -0.15) is 0 Å². The van der Waals surface area contributed by atoms with E-state index in [1.807, 2.05) is 26.0 Å². The van der Waals surface area contributed by atoms with E-state index in [9.17, 15) is 9.59 Å². The van der Waals surface area contributed by atoms with Gasteiger partial charge in [-0.05, 0) is 43.2 Å². The molecule has 1 aliphatic rings. The monoisotopic (exact) mass is 344 g/mol. The molecule has 0 saturated heterocycles. The highest BCUT2D eigenvalue weighted by Gasteiger charge is 2.39. The molecular formula is C16H13BrN2O2. The van der Waals surface area contributed by atoms with E-state index in [-0.39, 0.29) is 11.8 Å². The third kappa shape index (κ3) is 1.96. The summed E-state index contributed by atoms with van der Waals surface area (Å²) >= 11 is 3.32.